The molecule has 1 saturated heterocycles. The Morgan fingerprint density at radius 3 is 2.51 bits per heavy atom. The average molecular weight is 516 g/mol. The Bertz CT molecular complexity index is 1190. The highest BCUT2D eigenvalue weighted by Gasteiger charge is 2.39. The van der Waals surface area contributed by atoms with Gasteiger partial charge in [-0.05, 0) is 45.2 Å². The summed E-state index contributed by atoms with van der Waals surface area (Å²) in [6.07, 6.45) is 1.26. The van der Waals surface area contributed by atoms with Gasteiger partial charge in [0.25, 0.3) is 0 Å². The fourth-order valence-corrected chi connectivity index (χ4v) is 4.34. The minimum absolute atomic E-state index is 0.135. The van der Waals surface area contributed by atoms with Crippen molar-refractivity contribution in [1.82, 2.24) is 20.5 Å². The first kappa shape index (κ1) is 27.5. The first-order valence-electron chi connectivity index (χ1n) is 12.0. The van der Waals surface area contributed by atoms with E-state index in [1.54, 1.807) is 27.0 Å². The Kier molecular flexibility index (Phi) is 8.41. The molecule has 1 aromatic carbocycles. The molecule has 1 aliphatic heterocycles. The van der Waals surface area contributed by atoms with Crippen LogP contribution in [0.15, 0.2) is 30.5 Å². The normalized spacial score (nSPS) is 17.2. The second-order valence-corrected chi connectivity index (χ2v) is 10.0. The highest BCUT2D eigenvalue weighted by atomic mass is 16.6. The maximum atomic E-state index is 13.7. The van der Waals surface area contributed by atoms with Crippen molar-refractivity contribution < 1.29 is 33.8 Å². The second-order valence-electron chi connectivity index (χ2n) is 10.0. The van der Waals surface area contributed by atoms with E-state index in [-0.39, 0.29) is 13.0 Å². The van der Waals surface area contributed by atoms with Crippen LogP contribution < -0.4 is 16.4 Å². The number of H-pyrrole nitrogens is 1. The number of rotatable bonds is 9. The van der Waals surface area contributed by atoms with Gasteiger partial charge in [-0.15, -0.1) is 0 Å². The number of carbonyl (C=O) groups excluding carboxylic acids is 4. The molecule has 3 atom stereocenters. The zero-order chi connectivity index (χ0) is 27.3. The molecule has 1 fully saturated rings. The number of hydrogen-bond donors (Lipinski definition) is 5. The van der Waals surface area contributed by atoms with E-state index in [4.69, 9.17) is 15.6 Å². The zero-order valence-corrected chi connectivity index (χ0v) is 21.1. The van der Waals surface area contributed by atoms with Gasteiger partial charge in [-0.3, -0.25) is 19.2 Å². The summed E-state index contributed by atoms with van der Waals surface area (Å²) in [4.78, 5) is 66.4. The van der Waals surface area contributed by atoms with Crippen LogP contribution in [0.1, 0.15) is 45.6 Å². The van der Waals surface area contributed by atoms with E-state index in [0.29, 0.717) is 12.8 Å². The lowest BCUT2D eigenvalue weighted by molar-refractivity contribution is -0.142. The molecule has 12 heteroatoms. The van der Waals surface area contributed by atoms with Gasteiger partial charge in [-0.1, -0.05) is 18.2 Å². The molecule has 2 aromatic rings. The molecule has 0 aliphatic carbocycles. The van der Waals surface area contributed by atoms with Gasteiger partial charge in [0.15, 0.2) is 0 Å². The lowest BCUT2D eigenvalue weighted by Crippen LogP contribution is -2.56. The number of fused-ring (bicyclic) bond motifs is 1. The molecule has 4 amide bonds. The third-order valence-corrected chi connectivity index (χ3v) is 5.97. The van der Waals surface area contributed by atoms with Crippen molar-refractivity contribution in [2.75, 3.05) is 6.54 Å². The van der Waals surface area contributed by atoms with Crippen molar-refractivity contribution >= 4 is 40.7 Å². The fourth-order valence-electron chi connectivity index (χ4n) is 4.34. The van der Waals surface area contributed by atoms with Crippen LogP contribution in [0.2, 0.25) is 0 Å². The summed E-state index contributed by atoms with van der Waals surface area (Å²) in [6, 6.07) is 4.12. The molecule has 200 valence electrons. The predicted molar refractivity (Wildman–Crippen MR) is 133 cm³/mol. The van der Waals surface area contributed by atoms with Crippen LogP contribution in [0.25, 0.3) is 10.9 Å². The molecule has 1 aromatic heterocycles. The molecule has 2 heterocycles. The number of ether oxygens (including phenoxy) is 1. The first-order valence-corrected chi connectivity index (χ1v) is 12.0. The Balaban J connectivity index is 1.83. The number of aromatic amines is 1. The predicted octanol–water partition coefficient (Wildman–Crippen LogP) is 1.04. The number of alkyl carbamates (subject to hydrolysis) is 1. The number of likely N-dealkylation sites (tertiary alicyclic amines) is 1. The molecule has 0 unspecified atom stereocenters. The Labute approximate surface area is 213 Å². The quantitative estimate of drug-likeness (QED) is 0.330. The summed E-state index contributed by atoms with van der Waals surface area (Å²) in [5.41, 5.74) is 6.11. The summed E-state index contributed by atoms with van der Waals surface area (Å²) >= 11 is 0. The van der Waals surface area contributed by atoms with Gasteiger partial charge in [0.1, 0.15) is 23.7 Å². The molecule has 3 rings (SSSR count). The number of amides is 4. The van der Waals surface area contributed by atoms with Crippen molar-refractivity contribution in [2.45, 2.75) is 70.2 Å². The lowest BCUT2D eigenvalue weighted by Gasteiger charge is -2.30. The minimum Gasteiger partial charge on any atom is -0.481 e. The third-order valence-electron chi connectivity index (χ3n) is 5.97. The standard InChI is InChI=1S/C25H33N5O7/c1-25(2,3)37-24(36)29-18(11-14-13-27-16-8-5-4-7-15(14)16)23(35)30-10-6-9-19(30)22(34)28-17(21(26)33)12-20(31)32/h4-5,7-8,13,17-19,27H,6,9-12H2,1-3H3,(H2,26,33)(H,28,34)(H,29,36)(H,31,32)/t17-,18-,19-/m0/s1. The Morgan fingerprint density at radius 2 is 1.86 bits per heavy atom. The van der Waals surface area contributed by atoms with E-state index in [9.17, 15) is 24.0 Å². The molecule has 0 saturated carbocycles. The van der Waals surface area contributed by atoms with Gasteiger partial charge in [-0.25, -0.2) is 4.79 Å². The number of primary amides is 1. The number of nitrogens with two attached hydrogens (primary N) is 1. The molecule has 0 spiro atoms. The van der Waals surface area contributed by atoms with Crippen LogP contribution in [0.5, 0.6) is 0 Å². The van der Waals surface area contributed by atoms with E-state index in [1.807, 2.05) is 24.3 Å². The van der Waals surface area contributed by atoms with Crippen LogP contribution in [0.3, 0.4) is 0 Å². The number of nitrogens with zero attached hydrogens (tertiary/aromatic N) is 1. The molecule has 0 radical (unpaired) electrons. The van der Waals surface area contributed by atoms with Crippen molar-refractivity contribution in [3.05, 3.63) is 36.0 Å². The average Bonchev–Trinajstić information content (AvgIpc) is 3.44. The van der Waals surface area contributed by atoms with Crippen LogP contribution in [0, 0.1) is 0 Å². The molecule has 37 heavy (non-hydrogen) atoms. The Morgan fingerprint density at radius 1 is 1.16 bits per heavy atom. The van der Waals surface area contributed by atoms with E-state index >= 15 is 0 Å². The number of para-hydroxylation sites is 1. The summed E-state index contributed by atoms with van der Waals surface area (Å²) < 4.78 is 5.36. The highest BCUT2D eigenvalue weighted by molar-refractivity contribution is 5.95. The van der Waals surface area contributed by atoms with Crippen molar-refractivity contribution in [3.8, 4) is 0 Å². The van der Waals surface area contributed by atoms with E-state index < -0.39 is 59.9 Å². The van der Waals surface area contributed by atoms with Gasteiger partial charge in [0.2, 0.25) is 17.7 Å². The van der Waals surface area contributed by atoms with Gasteiger partial charge >= 0.3 is 12.1 Å². The number of hydrogen-bond acceptors (Lipinski definition) is 6. The van der Waals surface area contributed by atoms with Crippen LogP contribution in [-0.4, -0.2) is 75.0 Å². The van der Waals surface area contributed by atoms with Gasteiger partial charge < -0.3 is 36.1 Å². The molecule has 6 N–H and O–H groups in total. The summed E-state index contributed by atoms with van der Waals surface area (Å²) in [6.45, 7) is 5.36. The number of nitrogens with one attached hydrogen (secondary N) is 3. The van der Waals surface area contributed by atoms with Gasteiger partial charge in [0.05, 0.1) is 6.42 Å². The molecule has 0 bridgehead atoms. The van der Waals surface area contributed by atoms with E-state index in [1.165, 1.54) is 4.90 Å². The molecule has 12 nitrogen and oxygen atoms in total. The van der Waals surface area contributed by atoms with Gasteiger partial charge in [0, 0.05) is 30.1 Å². The van der Waals surface area contributed by atoms with Crippen molar-refractivity contribution in [3.63, 3.8) is 0 Å². The number of aromatic nitrogens is 1. The smallest absolute Gasteiger partial charge is 0.408 e. The minimum atomic E-state index is -1.41. The first-order chi connectivity index (χ1) is 17.4. The highest BCUT2D eigenvalue weighted by Crippen LogP contribution is 2.23. The maximum Gasteiger partial charge on any atom is 0.408 e. The molecular formula is C25H33N5O7. The van der Waals surface area contributed by atoms with Crippen LogP contribution in [0.4, 0.5) is 4.79 Å². The lowest BCUT2D eigenvalue weighted by atomic mass is 10.0. The zero-order valence-electron chi connectivity index (χ0n) is 21.1. The number of carboxylic acids is 1. The molecule has 1 aliphatic rings. The monoisotopic (exact) mass is 515 g/mol. The number of aliphatic carboxylic acids is 1. The number of carbonyl (C=O) groups is 5. The van der Waals surface area contributed by atoms with Crippen molar-refractivity contribution in [1.29, 1.82) is 0 Å². The summed E-state index contributed by atoms with van der Waals surface area (Å²) in [5.74, 6) is -3.47. The topological polar surface area (TPSA) is 184 Å². The van der Waals surface area contributed by atoms with E-state index in [0.717, 1.165) is 16.5 Å². The maximum absolute atomic E-state index is 13.7. The number of carboxylic acid groups (broad SMARTS) is 1. The van der Waals surface area contributed by atoms with E-state index in [2.05, 4.69) is 15.6 Å². The third kappa shape index (κ3) is 7.21. The van der Waals surface area contributed by atoms with Crippen molar-refractivity contribution in [2.24, 2.45) is 5.73 Å². The largest absolute Gasteiger partial charge is 0.481 e. The summed E-state index contributed by atoms with van der Waals surface area (Å²) in [7, 11) is 0. The SMILES string of the molecule is CC(C)(C)OC(=O)N[C@@H](Cc1c[nH]c2ccccc12)C(=O)N1CCC[C@H]1C(=O)N[C@@H](CC(=O)O)C(N)=O. The van der Waals surface area contributed by atoms with Crippen LogP contribution in [-0.2, 0) is 30.3 Å². The second kappa shape index (κ2) is 11.3. The number of benzene rings is 1. The summed E-state index contributed by atoms with van der Waals surface area (Å²) in [5, 5.41) is 14.9. The molecular weight excluding hydrogens is 482 g/mol. The fraction of sp³-hybridized carbons (Fsp3) is 0.480. The Hall–Kier alpha value is -4.09. The van der Waals surface area contributed by atoms with Crippen LogP contribution >= 0.6 is 0 Å². The van der Waals surface area contributed by atoms with Gasteiger partial charge in [-0.2, -0.15) is 0 Å².